The second-order valence-electron chi connectivity index (χ2n) is 20.1. The van der Waals surface area contributed by atoms with Gasteiger partial charge in [-0.15, -0.1) is 0 Å². The number of anilines is 3. The molecule has 3 heteroatoms. The normalized spacial score (nSPS) is 14.0. The first kappa shape index (κ1) is 41.9. The van der Waals surface area contributed by atoms with E-state index < -0.39 is 10.8 Å². The van der Waals surface area contributed by atoms with Gasteiger partial charge in [0.25, 0.3) is 0 Å². The summed E-state index contributed by atoms with van der Waals surface area (Å²) in [4.78, 5) is 2.57. The van der Waals surface area contributed by atoms with E-state index in [2.05, 4.69) is 278 Å². The molecule has 0 saturated carbocycles. The van der Waals surface area contributed by atoms with Crippen molar-refractivity contribution in [3.8, 4) is 67.5 Å². The first-order valence-electron chi connectivity index (χ1n) is 25.9. The van der Waals surface area contributed by atoms with Gasteiger partial charge in [-0.1, -0.05) is 231 Å². The van der Waals surface area contributed by atoms with Crippen molar-refractivity contribution in [3.05, 3.63) is 317 Å². The molecule has 0 saturated heterocycles. The number of hydrogen-bond acceptors (Lipinski definition) is 3. The van der Waals surface area contributed by atoms with Gasteiger partial charge in [0.1, 0.15) is 23.0 Å². The lowest BCUT2D eigenvalue weighted by atomic mass is 9.66. The van der Waals surface area contributed by atoms with Gasteiger partial charge in [-0.05, 0) is 103 Å². The van der Waals surface area contributed by atoms with Crippen LogP contribution in [-0.2, 0) is 10.8 Å². The molecule has 16 rings (SSSR count). The standard InChI is InChI=1S/C72H45NO2/c1-2-20-46(21-3-1)47-40-42-48(43-41-47)49-22-6-13-33-62(49)73(64-35-19-32-60-70(64)53-24-5-8-27-55(53)71(60)56-28-9-14-36-65(56)74-66-37-15-10-29-57(66)71)63-34-18-25-51-50(63)44-45-61-69(51)52-23-4-7-26-54(52)72(61)58-30-11-16-38-67(58)75-68-39-17-12-31-59(68)72/h1-45H. The second kappa shape index (κ2) is 15.9. The van der Waals surface area contributed by atoms with Crippen LogP contribution in [0.5, 0.6) is 23.0 Å². The van der Waals surface area contributed by atoms with Gasteiger partial charge in [-0.2, -0.15) is 0 Å². The molecule has 4 aliphatic rings. The van der Waals surface area contributed by atoms with Crippen LogP contribution in [0.25, 0.3) is 55.3 Å². The summed E-state index contributed by atoms with van der Waals surface area (Å²) < 4.78 is 13.5. The fraction of sp³-hybridized carbons (Fsp3) is 0.0278. The Kier molecular flexibility index (Phi) is 8.88. The Balaban J connectivity index is 0.994. The molecule has 2 heterocycles. The van der Waals surface area contributed by atoms with Crippen molar-refractivity contribution in [2.75, 3.05) is 4.90 Å². The molecule has 350 valence electrons. The average molecular weight is 956 g/mol. The molecule has 2 aliphatic carbocycles. The highest BCUT2D eigenvalue weighted by Gasteiger charge is 2.53. The van der Waals surface area contributed by atoms with E-state index in [1.54, 1.807) is 0 Å². The van der Waals surface area contributed by atoms with E-state index >= 15 is 0 Å². The molecule has 12 aromatic carbocycles. The maximum atomic E-state index is 6.78. The van der Waals surface area contributed by atoms with Gasteiger partial charge in [0, 0.05) is 38.8 Å². The Bertz CT molecular complexity index is 4230. The summed E-state index contributed by atoms with van der Waals surface area (Å²) in [5.74, 6) is 3.53. The van der Waals surface area contributed by atoms with Gasteiger partial charge in [0.05, 0.1) is 27.9 Å². The molecule has 0 N–H and O–H groups in total. The number of fused-ring (bicyclic) bond motifs is 20. The summed E-state index contributed by atoms with van der Waals surface area (Å²) >= 11 is 0. The maximum Gasteiger partial charge on any atom is 0.132 e. The van der Waals surface area contributed by atoms with Gasteiger partial charge in [0.15, 0.2) is 0 Å². The molecule has 0 amide bonds. The fourth-order valence-electron chi connectivity index (χ4n) is 13.7. The third-order valence-electron chi connectivity index (χ3n) is 16.6. The van der Waals surface area contributed by atoms with Crippen LogP contribution in [0, 0.1) is 0 Å². The molecule has 0 fully saturated rings. The smallest absolute Gasteiger partial charge is 0.132 e. The van der Waals surface area contributed by atoms with Crippen LogP contribution in [0.15, 0.2) is 273 Å². The summed E-state index contributed by atoms with van der Waals surface area (Å²) in [6.45, 7) is 0. The van der Waals surface area contributed by atoms with Crippen LogP contribution in [-0.4, -0.2) is 0 Å². The van der Waals surface area contributed by atoms with E-state index in [-0.39, 0.29) is 0 Å². The molecule has 3 nitrogen and oxygen atoms in total. The van der Waals surface area contributed by atoms with Crippen molar-refractivity contribution < 1.29 is 9.47 Å². The zero-order valence-corrected chi connectivity index (χ0v) is 40.7. The number of ether oxygens (including phenoxy) is 2. The van der Waals surface area contributed by atoms with E-state index in [0.717, 1.165) is 78.8 Å². The van der Waals surface area contributed by atoms with E-state index in [1.807, 2.05) is 0 Å². The predicted molar refractivity (Wildman–Crippen MR) is 304 cm³/mol. The molecule has 2 spiro atoms. The van der Waals surface area contributed by atoms with E-state index in [0.29, 0.717) is 0 Å². The number of nitrogens with zero attached hydrogens (tertiary/aromatic N) is 1. The quantitative estimate of drug-likeness (QED) is 0.172. The molecule has 75 heavy (non-hydrogen) atoms. The zero-order chi connectivity index (χ0) is 49.2. The van der Waals surface area contributed by atoms with Crippen LogP contribution < -0.4 is 14.4 Å². The second-order valence-corrected chi connectivity index (χ2v) is 20.1. The fourth-order valence-corrected chi connectivity index (χ4v) is 13.7. The summed E-state index contributed by atoms with van der Waals surface area (Å²) in [6, 6.07) is 100. The van der Waals surface area contributed by atoms with Gasteiger partial charge in [-0.3, -0.25) is 0 Å². The Labute approximate surface area is 435 Å². The van der Waals surface area contributed by atoms with Crippen LogP contribution in [0.3, 0.4) is 0 Å². The largest absolute Gasteiger partial charge is 0.457 e. The molecule has 2 aliphatic heterocycles. The Morgan fingerprint density at radius 1 is 0.227 bits per heavy atom. The molecule has 0 atom stereocenters. The van der Waals surface area contributed by atoms with Gasteiger partial charge < -0.3 is 14.4 Å². The van der Waals surface area contributed by atoms with Crippen molar-refractivity contribution in [1.82, 2.24) is 0 Å². The van der Waals surface area contributed by atoms with Crippen LogP contribution in [0.1, 0.15) is 44.5 Å². The molecule has 0 radical (unpaired) electrons. The highest BCUT2D eigenvalue weighted by molar-refractivity contribution is 6.12. The van der Waals surface area contributed by atoms with Crippen LogP contribution >= 0.6 is 0 Å². The number of hydrogen-bond donors (Lipinski definition) is 0. The Morgan fingerprint density at radius 2 is 0.627 bits per heavy atom. The van der Waals surface area contributed by atoms with Crippen LogP contribution in [0.4, 0.5) is 17.1 Å². The minimum atomic E-state index is -0.639. The maximum absolute atomic E-state index is 6.78. The number of para-hydroxylation sites is 5. The SMILES string of the molecule is c1ccc(-c2ccc(-c3ccccc3N(c3cccc4c3-c3ccccc3C43c4ccccc4Oc4ccccc43)c3cccc4c5c(ccc34)C3(c4ccccc4Oc4ccccc43)c3ccccc3-5)cc2)cc1. The molecular formula is C72H45NO2. The van der Waals surface area contributed by atoms with Crippen molar-refractivity contribution in [1.29, 1.82) is 0 Å². The minimum Gasteiger partial charge on any atom is -0.457 e. The lowest BCUT2D eigenvalue weighted by molar-refractivity contribution is 0.436. The van der Waals surface area contributed by atoms with Gasteiger partial charge in [0.2, 0.25) is 0 Å². The van der Waals surface area contributed by atoms with Crippen molar-refractivity contribution in [2.24, 2.45) is 0 Å². The van der Waals surface area contributed by atoms with Crippen molar-refractivity contribution >= 4 is 27.8 Å². The molecule has 0 bridgehead atoms. The topological polar surface area (TPSA) is 21.7 Å². The van der Waals surface area contributed by atoms with Gasteiger partial charge in [-0.25, -0.2) is 0 Å². The molecule has 0 aromatic heterocycles. The third kappa shape index (κ3) is 5.64. The summed E-state index contributed by atoms with van der Waals surface area (Å²) in [5, 5.41) is 2.36. The highest BCUT2D eigenvalue weighted by Crippen LogP contribution is 2.66. The lowest BCUT2D eigenvalue weighted by Crippen LogP contribution is -2.32. The summed E-state index contributed by atoms with van der Waals surface area (Å²) in [7, 11) is 0. The number of rotatable bonds is 5. The monoisotopic (exact) mass is 955 g/mol. The molecular weight excluding hydrogens is 911 g/mol. The highest BCUT2D eigenvalue weighted by atomic mass is 16.5. The van der Waals surface area contributed by atoms with E-state index in [1.165, 1.54) is 61.0 Å². The van der Waals surface area contributed by atoms with Crippen LogP contribution in [0.2, 0.25) is 0 Å². The van der Waals surface area contributed by atoms with Crippen molar-refractivity contribution in [2.45, 2.75) is 10.8 Å². The zero-order valence-electron chi connectivity index (χ0n) is 40.7. The Morgan fingerprint density at radius 3 is 1.21 bits per heavy atom. The molecule has 12 aromatic rings. The average Bonchev–Trinajstić information content (AvgIpc) is 4.15. The first-order valence-corrected chi connectivity index (χ1v) is 25.9. The molecule has 0 unspecified atom stereocenters. The lowest BCUT2D eigenvalue weighted by Gasteiger charge is -2.39. The van der Waals surface area contributed by atoms with E-state index in [4.69, 9.17) is 9.47 Å². The van der Waals surface area contributed by atoms with Gasteiger partial charge >= 0.3 is 0 Å². The summed E-state index contributed by atoms with van der Waals surface area (Å²) in [5.41, 5.74) is 21.2. The summed E-state index contributed by atoms with van der Waals surface area (Å²) in [6.07, 6.45) is 0. The predicted octanol–water partition coefficient (Wildman–Crippen LogP) is 18.6. The minimum absolute atomic E-state index is 0.589. The van der Waals surface area contributed by atoms with E-state index in [9.17, 15) is 0 Å². The number of benzene rings is 12. The third-order valence-corrected chi connectivity index (χ3v) is 16.6. The Hall–Kier alpha value is -9.70. The first-order chi connectivity index (χ1) is 37.2. The van der Waals surface area contributed by atoms with Crippen molar-refractivity contribution in [3.63, 3.8) is 0 Å².